The lowest BCUT2D eigenvalue weighted by Gasteiger charge is -2.32. The van der Waals surface area contributed by atoms with Crippen LogP contribution in [-0.4, -0.2) is 48.9 Å². The lowest BCUT2D eigenvalue weighted by molar-refractivity contribution is 0.281. The van der Waals surface area contributed by atoms with Crippen molar-refractivity contribution in [3.63, 3.8) is 0 Å². The van der Waals surface area contributed by atoms with Gasteiger partial charge in [0.2, 0.25) is 0 Å². The van der Waals surface area contributed by atoms with Crippen LogP contribution < -0.4 is 38.5 Å². The summed E-state index contributed by atoms with van der Waals surface area (Å²) in [5.74, 6) is 3.05. The van der Waals surface area contributed by atoms with Crippen molar-refractivity contribution in [2.75, 3.05) is 48.0 Å². The number of anilines is 12. The summed E-state index contributed by atoms with van der Waals surface area (Å²) in [5, 5.41) is 41.5. The fourth-order valence-corrected chi connectivity index (χ4v) is 13.3. The van der Waals surface area contributed by atoms with Gasteiger partial charge in [0, 0.05) is 68.2 Å². The Balaban J connectivity index is 1.14. The van der Waals surface area contributed by atoms with Crippen molar-refractivity contribution in [2.45, 2.75) is 54.1 Å². The monoisotopic (exact) mass is 1270 g/mol. The van der Waals surface area contributed by atoms with E-state index >= 15 is 0 Å². The molecule has 0 bridgehead atoms. The van der Waals surface area contributed by atoms with Crippen molar-refractivity contribution in [2.24, 2.45) is 0 Å². The van der Waals surface area contributed by atoms with Gasteiger partial charge in [0.15, 0.2) is 0 Å². The number of fused-ring (bicyclic) bond motifs is 8. The molecule has 96 heavy (non-hydrogen) atoms. The van der Waals surface area contributed by atoms with Crippen molar-refractivity contribution in [1.29, 1.82) is 0 Å². The number of aliphatic hydroxyl groups is 4. The van der Waals surface area contributed by atoms with E-state index in [0.29, 0.717) is 0 Å². The van der Waals surface area contributed by atoms with Gasteiger partial charge >= 0.3 is 0 Å². The highest BCUT2D eigenvalue weighted by Gasteiger charge is 2.29. The van der Waals surface area contributed by atoms with Gasteiger partial charge in [-0.3, -0.25) is 0 Å². The van der Waals surface area contributed by atoms with Crippen molar-refractivity contribution in [1.82, 2.24) is 0 Å². The lowest BCUT2D eigenvalue weighted by atomic mass is 9.80. The second-order valence-corrected chi connectivity index (χ2v) is 24.2. The molecule has 12 aromatic carbocycles. The number of aryl methyl sites for hydroxylation is 4. The second kappa shape index (κ2) is 27.4. The summed E-state index contributed by atoms with van der Waals surface area (Å²) < 4.78 is 23.1. The summed E-state index contributed by atoms with van der Waals surface area (Å²) in [6.45, 7) is 7.81. The van der Waals surface area contributed by atoms with E-state index in [-0.39, 0.29) is 26.4 Å². The Bertz CT molecular complexity index is 4210. The van der Waals surface area contributed by atoms with Crippen LogP contribution in [-0.2, 0) is 26.4 Å². The molecule has 12 nitrogen and oxygen atoms in total. The quantitative estimate of drug-likeness (QED) is 0.0579. The Labute approximate surface area is 561 Å². The molecule has 12 heteroatoms. The first-order chi connectivity index (χ1) is 46.8. The van der Waals surface area contributed by atoms with Gasteiger partial charge in [0.1, 0.15) is 23.0 Å². The summed E-state index contributed by atoms with van der Waals surface area (Å²) in [6.07, 6.45) is 0. The third kappa shape index (κ3) is 12.3. The molecular weight excluding hydrogens is 1190 g/mol. The summed E-state index contributed by atoms with van der Waals surface area (Å²) >= 11 is 0. The van der Waals surface area contributed by atoms with Crippen molar-refractivity contribution in [3.8, 4) is 67.5 Å². The molecule has 0 saturated carbocycles. The SMILES string of the molecule is COc1ccc(N(c2ccc(OC)c(C)c2)c2ccc3c(c2)-c2cc(N(c4ccc(CO)cc4)c4ccc(CO)c(C)c4)ccc2-c2ccc(N(c4ccc(OC)cc4)c4ccc(OC)c(C)c4)cc2-c2cc(N(c4ccc(CO)cc4)c4ccc(CO)c(C)c4)ccc2-3)cc1. The Morgan fingerprint density at radius 3 is 0.708 bits per heavy atom. The van der Waals surface area contributed by atoms with Crippen molar-refractivity contribution >= 4 is 68.2 Å². The summed E-state index contributed by atoms with van der Waals surface area (Å²) in [4.78, 5) is 9.04. The van der Waals surface area contributed by atoms with E-state index < -0.39 is 0 Å². The topological polar surface area (TPSA) is 131 Å². The van der Waals surface area contributed by atoms with Gasteiger partial charge in [0.05, 0.1) is 54.9 Å². The number of hydrogen-bond donors (Lipinski definition) is 4. The van der Waals surface area contributed by atoms with Crippen LogP contribution in [0.3, 0.4) is 0 Å². The molecule has 480 valence electrons. The average Bonchev–Trinajstić information content (AvgIpc) is 0.728. The van der Waals surface area contributed by atoms with E-state index in [1.54, 1.807) is 28.4 Å². The minimum atomic E-state index is -0.0962. The highest BCUT2D eigenvalue weighted by atomic mass is 16.5. The van der Waals surface area contributed by atoms with Crippen LogP contribution in [0.25, 0.3) is 44.5 Å². The Kier molecular flexibility index (Phi) is 18.2. The molecule has 0 radical (unpaired) electrons. The Hall–Kier alpha value is -11.1. The fraction of sp³-hybridized carbons (Fsp3) is 0.143. The van der Waals surface area contributed by atoms with Gasteiger partial charge in [-0.2, -0.15) is 0 Å². The number of hydrogen-bond acceptors (Lipinski definition) is 12. The van der Waals surface area contributed by atoms with Gasteiger partial charge in [-0.1, -0.05) is 60.7 Å². The van der Waals surface area contributed by atoms with E-state index in [2.05, 4.69) is 179 Å². The number of methoxy groups -OCH3 is 4. The van der Waals surface area contributed by atoms with Gasteiger partial charge in [0.25, 0.3) is 0 Å². The maximum atomic E-state index is 10.5. The fourth-order valence-electron chi connectivity index (χ4n) is 13.3. The largest absolute Gasteiger partial charge is 0.497 e. The van der Waals surface area contributed by atoms with E-state index in [4.69, 9.17) is 18.9 Å². The van der Waals surface area contributed by atoms with Gasteiger partial charge in [-0.15, -0.1) is 0 Å². The summed E-state index contributed by atoms with van der Waals surface area (Å²) in [5.41, 5.74) is 25.8. The number of rotatable bonds is 20. The minimum absolute atomic E-state index is 0.0895. The normalized spacial score (nSPS) is 11.3. The van der Waals surface area contributed by atoms with E-state index in [9.17, 15) is 20.4 Å². The third-order valence-electron chi connectivity index (χ3n) is 18.4. The molecule has 1 aliphatic rings. The van der Waals surface area contributed by atoms with Crippen LogP contribution in [0.2, 0.25) is 0 Å². The molecule has 0 spiro atoms. The molecular formula is C84H76N4O8. The zero-order valence-electron chi connectivity index (χ0n) is 55.1. The van der Waals surface area contributed by atoms with E-state index in [0.717, 1.165) is 180 Å². The Morgan fingerprint density at radius 2 is 0.469 bits per heavy atom. The Morgan fingerprint density at radius 1 is 0.229 bits per heavy atom. The first kappa shape index (κ1) is 63.6. The zero-order valence-corrected chi connectivity index (χ0v) is 55.1. The van der Waals surface area contributed by atoms with Gasteiger partial charge in [-0.25, -0.2) is 0 Å². The van der Waals surface area contributed by atoms with Crippen LogP contribution >= 0.6 is 0 Å². The molecule has 13 rings (SSSR count). The molecule has 0 amide bonds. The molecule has 0 saturated heterocycles. The first-order valence-corrected chi connectivity index (χ1v) is 32.0. The third-order valence-corrected chi connectivity index (χ3v) is 18.4. The molecule has 0 unspecified atom stereocenters. The maximum Gasteiger partial charge on any atom is 0.121 e. The van der Waals surface area contributed by atoms with Crippen LogP contribution in [0.1, 0.15) is 44.5 Å². The average molecular weight is 1270 g/mol. The van der Waals surface area contributed by atoms with Crippen LogP contribution in [0.5, 0.6) is 23.0 Å². The molecule has 0 heterocycles. The van der Waals surface area contributed by atoms with Gasteiger partial charge < -0.3 is 59.0 Å². The van der Waals surface area contributed by atoms with Crippen molar-refractivity contribution < 1.29 is 39.4 Å². The molecule has 0 aromatic heterocycles. The van der Waals surface area contributed by atoms with Crippen molar-refractivity contribution in [3.05, 3.63) is 287 Å². The summed E-state index contributed by atoms with van der Waals surface area (Å²) in [6, 6.07) is 84.2. The minimum Gasteiger partial charge on any atom is -0.497 e. The number of benzene rings is 12. The molecule has 0 fully saturated rings. The molecule has 0 aliphatic heterocycles. The predicted octanol–water partition coefficient (Wildman–Crippen LogP) is 19.8. The van der Waals surface area contributed by atoms with Crippen LogP contribution in [0.15, 0.2) is 243 Å². The molecule has 1 aliphatic carbocycles. The van der Waals surface area contributed by atoms with Crippen LogP contribution in [0.4, 0.5) is 68.2 Å². The molecule has 4 N–H and O–H groups in total. The highest BCUT2D eigenvalue weighted by molar-refractivity contribution is 6.07. The predicted molar refractivity (Wildman–Crippen MR) is 389 cm³/mol. The summed E-state index contributed by atoms with van der Waals surface area (Å²) in [7, 11) is 6.75. The van der Waals surface area contributed by atoms with Gasteiger partial charge in [-0.05, 0) is 299 Å². The lowest BCUT2D eigenvalue weighted by Crippen LogP contribution is -2.13. The first-order valence-electron chi connectivity index (χ1n) is 32.0. The maximum absolute atomic E-state index is 10.5. The molecule has 0 atom stereocenters. The number of nitrogens with zero attached hydrogens (tertiary/aromatic N) is 4. The van der Waals surface area contributed by atoms with Crippen LogP contribution in [0, 0.1) is 27.7 Å². The number of ether oxygens (including phenoxy) is 4. The molecule has 12 aromatic rings. The van der Waals surface area contributed by atoms with E-state index in [1.807, 2.05) is 111 Å². The second-order valence-electron chi connectivity index (χ2n) is 24.2. The van der Waals surface area contributed by atoms with E-state index in [1.165, 1.54) is 0 Å². The smallest absolute Gasteiger partial charge is 0.121 e. The standard InChI is InChI=1S/C84H76N4O8/c1-53-41-65(19-13-59(53)51-91)85(61-15-9-57(49-89)10-16-61)69-25-35-75-77-37-27-72(88(64-23-33-74(94-6)34-24-64)68-30-40-84(96-8)56(4)44-68)48-82(77)80-46-70(86(62-17-11-58(50-90)12-18-62)66-20-14-60(52-92)54(2)42-66)26-36-76(80)78-38-28-71(47-81(78)79(75)45-69)87(63-21-31-73(93-5)32-22-63)67-29-39-83(95-7)55(3)43-67/h9-48,89-92H,49-52H2,1-8H3. The zero-order chi connectivity index (χ0) is 66.7. The number of aliphatic hydroxyl groups excluding tert-OH is 4. The highest BCUT2D eigenvalue weighted by Crippen LogP contribution is 2.54.